The summed E-state index contributed by atoms with van der Waals surface area (Å²) in [5, 5.41) is 5.38. The van der Waals surface area contributed by atoms with Crippen LogP contribution in [-0.4, -0.2) is 4.40 Å². The molecule has 0 aliphatic heterocycles. The summed E-state index contributed by atoms with van der Waals surface area (Å²) in [6.45, 7) is 8.77. The molecule has 0 amide bonds. The minimum absolute atomic E-state index is 0.926. The summed E-state index contributed by atoms with van der Waals surface area (Å²) < 4.78 is 2.47. The highest BCUT2D eigenvalue weighted by molar-refractivity contribution is 6.25. The van der Waals surface area contributed by atoms with Crippen molar-refractivity contribution < 1.29 is 0 Å². The molecule has 1 nitrogen and oxygen atoms in total. The number of aromatic nitrogens is 1. The van der Waals surface area contributed by atoms with Crippen LogP contribution < -0.4 is 0 Å². The maximum absolute atomic E-state index is 4.27. The zero-order valence-corrected chi connectivity index (χ0v) is 21.1. The van der Waals surface area contributed by atoms with Gasteiger partial charge >= 0.3 is 0 Å². The SMILES string of the molecule is C=C/C(=C(C)\C=C/Cc1ccccc1)c1cc2c3ccccc3n3c4ccccc4c(c1CCC)c23. The van der Waals surface area contributed by atoms with E-state index in [1.54, 1.807) is 0 Å². The third-order valence-corrected chi connectivity index (χ3v) is 7.46. The van der Waals surface area contributed by atoms with Gasteiger partial charge in [0.2, 0.25) is 0 Å². The van der Waals surface area contributed by atoms with Crippen LogP contribution in [0.15, 0.2) is 115 Å². The van der Waals surface area contributed by atoms with E-state index in [9.17, 15) is 0 Å². The fourth-order valence-corrected chi connectivity index (χ4v) is 5.90. The Hall–Kier alpha value is -4.10. The van der Waals surface area contributed by atoms with E-state index in [4.69, 9.17) is 0 Å². The summed E-state index contributed by atoms with van der Waals surface area (Å²) in [6.07, 6.45) is 9.65. The molecule has 0 bridgehead atoms. The molecule has 0 unspecified atom stereocenters. The van der Waals surface area contributed by atoms with Crippen molar-refractivity contribution in [2.45, 2.75) is 33.1 Å². The highest BCUT2D eigenvalue weighted by atomic mass is 14.9. The summed E-state index contributed by atoms with van der Waals surface area (Å²) in [6, 6.07) is 30.8. The predicted molar refractivity (Wildman–Crippen MR) is 157 cm³/mol. The first-order chi connectivity index (χ1) is 17.7. The number of benzene rings is 4. The number of hydrogen-bond donors (Lipinski definition) is 0. The molecule has 2 aromatic heterocycles. The van der Waals surface area contributed by atoms with Crippen molar-refractivity contribution >= 4 is 43.7 Å². The summed E-state index contributed by atoms with van der Waals surface area (Å²) >= 11 is 0. The number of aryl methyl sites for hydroxylation is 1. The van der Waals surface area contributed by atoms with Crippen molar-refractivity contribution in [3.63, 3.8) is 0 Å². The molecule has 0 saturated carbocycles. The van der Waals surface area contributed by atoms with Crippen LogP contribution in [-0.2, 0) is 12.8 Å². The molecular weight excluding hydrogens is 434 g/mol. The lowest BCUT2D eigenvalue weighted by Gasteiger charge is -2.15. The number of nitrogens with zero attached hydrogens (tertiary/aromatic N) is 1. The molecule has 6 rings (SSSR count). The average Bonchev–Trinajstić information content (AvgIpc) is 3.43. The standard InChI is InChI=1S/C35H31N/c1-4-14-28-30(26(5-2)24(3)15-13-18-25-16-7-6-8-17-25)23-31-27-19-9-11-21-32(27)36-33-22-12-10-20-29(33)34(28)35(31)36/h5-13,15-17,19-23H,2,4,14,18H2,1,3H3/b15-13-,26-24+. The molecule has 4 aromatic carbocycles. The average molecular weight is 466 g/mol. The minimum Gasteiger partial charge on any atom is -0.308 e. The first kappa shape index (κ1) is 22.4. The van der Waals surface area contributed by atoms with Gasteiger partial charge in [-0.2, -0.15) is 0 Å². The Morgan fingerprint density at radius 1 is 0.833 bits per heavy atom. The van der Waals surface area contributed by atoms with Gasteiger partial charge in [-0.15, -0.1) is 0 Å². The van der Waals surface area contributed by atoms with Crippen LogP contribution in [0.25, 0.3) is 43.7 Å². The monoisotopic (exact) mass is 465 g/mol. The smallest absolute Gasteiger partial charge is 0.0623 e. The number of allylic oxidation sites excluding steroid dienone is 5. The molecule has 176 valence electrons. The molecular formula is C35H31N. The Labute approximate surface area is 213 Å². The minimum atomic E-state index is 0.926. The van der Waals surface area contributed by atoms with Crippen molar-refractivity contribution in [2.24, 2.45) is 0 Å². The third-order valence-electron chi connectivity index (χ3n) is 7.46. The van der Waals surface area contributed by atoms with Crippen molar-refractivity contribution in [2.75, 3.05) is 0 Å². The van der Waals surface area contributed by atoms with Gasteiger partial charge in [0.15, 0.2) is 0 Å². The zero-order valence-electron chi connectivity index (χ0n) is 21.1. The van der Waals surface area contributed by atoms with Crippen LogP contribution in [0.5, 0.6) is 0 Å². The highest BCUT2D eigenvalue weighted by Gasteiger charge is 2.22. The van der Waals surface area contributed by atoms with E-state index in [0.717, 1.165) is 19.3 Å². The largest absolute Gasteiger partial charge is 0.308 e. The van der Waals surface area contributed by atoms with Gasteiger partial charge in [-0.1, -0.05) is 105 Å². The second kappa shape index (κ2) is 9.17. The molecule has 0 spiro atoms. The Balaban J connectivity index is 1.64. The quantitative estimate of drug-likeness (QED) is 0.207. The first-order valence-corrected chi connectivity index (χ1v) is 13.0. The van der Waals surface area contributed by atoms with Crippen LogP contribution in [0, 0.1) is 0 Å². The van der Waals surface area contributed by atoms with Gasteiger partial charge in [-0.05, 0) is 65.8 Å². The zero-order chi connectivity index (χ0) is 24.6. The van der Waals surface area contributed by atoms with Crippen LogP contribution >= 0.6 is 0 Å². The number of hydrogen-bond acceptors (Lipinski definition) is 0. The van der Waals surface area contributed by atoms with Crippen LogP contribution in [0.3, 0.4) is 0 Å². The van der Waals surface area contributed by atoms with Gasteiger partial charge in [0.05, 0.1) is 16.6 Å². The Bertz CT molecular complexity index is 1780. The van der Waals surface area contributed by atoms with Gasteiger partial charge in [0, 0.05) is 21.5 Å². The van der Waals surface area contributed by atoms with Crippen molar-refractivity contribution in [3.05, 3.63) is 132 Å². The third kappa shape index (κ3) is 3.46. The predicted octanol–water partition coefficient (Wildman–Crippen LogP) is 9.55. The van der Waals surface area contributed by atoms with E-state index in [2.05, 4.69) is 128 Å². The summed E-state index contributed by atoms with van der Waals surface area (Å²) in [5.41, 5.74) is 10.5. The topological polar surface area (TPSA) is 4.41 Å². The molecule has 0 fully saturated rings. The molecule has 0 saturated heterocycles. The fourth-order valence-electron chi connectivity index (χ4n) is 5.90. The second-order valence-corrected chi connectivity index (χ2v) is 9.69. The lowest BCUT2D eigenvalue weighted by atomic mass is 9.88. The molecule has 0 N–H and O–H groups in total. The summed E-state index contributed by atoms with van der Waals surface area (Å²) in [4.78, 5) is 0. The van der Waals surface area contributed by atoms with Crippen LogP contribution in [0.1, 0.15) is 37.0 Å². The lowest BCUT2D eigenvalue weighted by molar-refractivity contribution is 0.927. The van der Waals surface area contributed by atoms with E-state index in [1.165, 1.54) is 65.9 Å². The van der Waals surface area contributed by atoms with Crippen LogP contribution in [0.4, 0.5) is 0 Å². The molecule has 1 heteroatoms. The van der Waals surface area contributed by atoms with Gasteiger partial charge in [-0.3, -0.25) is 0 Å². The van der Waals surface area contributed by atoms with E-state index in [-0.39, 0.29) is 0 Å². The molecule has 0 aliphatic carbocycles. The number of rotatable bonds is 7. The molecule has 2 heterocycles. The molecule has 0 radical (unpaired) electrons. The highest BCUT2D eigenvalue weighted by Crippen LogP contribution is 2.44. The van der Waals surface area contributed by atoms with Crippen molar-refractivity contribution in [1.82, 2.24) is 4.40 Å². The first-order valence-electron chi connectivity index (χ1n) is 13.0. The lowest BCUT2D eigenvalue weighted by Crippen LogP contribution is -1.96. The number of para-hydroxylation sites is 2. The van der Waals surface area contributed by atoms with E-state index in [1.807, 2.05) is 0 Å². The molecule has 36 heavy (non-hydrogen) atoms. The van der Waals surface area contributed by atoms with Crippen molar-refractivity contribution in [3.8, 4) is 0 Å². The van der Waals surface area contributed by atoms with Gasteiger partial charge in [-0.25, -0.2) is 0 Å². The van der Waals surface area contributed by atoms with E-state index >= 15 is 0 Å². The molecule has 6 aromatic rings. The maximum Gasteiger partial charge on any atom is 0.0623 e. The normalized spacial score (nSPS) is 12.9. The number of fused-ring (bicyclic) bond motifs is 6. The molecule has 0 aliphatic rings. The van der Waals surface area contributed by atoms with Crippen molar-refractivity contribution in [1.29, 1.82) is 0 Å². The van der Waals surface area contributed by atoms with E-state index < -0.39 is 0 Å². The summed E-state index contributed by atoms with van der Waals surface area (Å²) in [5.74, 6) is 0. The Morgan fingerprint density at radius 3 is 2.22 bits per heavy atom. The Kier molecular flexibility index (Phi) is 5.70. The maximum atomic E-state index is 4.27. The van der Waals surface area contributed by atoms with E-state index in [0.29, 0.717) is 0 Å². The second-order valence-electron chi connectivity index (χ2n) is 9.69. The van der Waals surface area contributed by atoms with Gasteiger partial charge < -0.3 is 4.40 Å². The summed E-state index contributed by atoms with van der Waals surface area (Å²) in [7, 11) is 0. The van der Waals surface area contributed by atoms with Crippen LogP contribution in [0.2, 0.25) is 0 Å². The molecule has 0 atom stereocenters. The Morgan fingerprint density at radius 2 is 1.50 bits per heavy atom. The van der Waals surface area contributed by atoms with Gasteiger partial charge in [0.1, 0.15) is 0 Å². The fraction of sp³-hybridized carbons (Fsp3) is 0.143. The van der Waals surface area contributed by atoms with Gasteiger partial charge in [0.25, 0.3) is 0 Å².